The minimum Gasteiger partial charge on any atom is -0.478 e. The summed E-state index contributed by atoms with van der Waals surface area (Å²) in [4.78, 5) is 25.8. The summed E-state index contributed by atoms with van der Waals surface area (Å²) in [7, 11) is 2.01. The quantitative estimate of drug-likeness (QED) is 0.171. The SMILES string of the molecule is CCc1ccccc1N(C)Sc1ccc(C(=O)Nc2ccc(C(=N)c3ccccc3)cc2C(=O)O)cc1. The van der Waals surface area contributed by atoms with Gasteiger partial charge in [0.1, 0.15) is 0 Å². The van der Waals surface area contributed by atoms with Crippen LogP contribution in [0.2, 0.25) is 0 Å². The lowest BCUT2D eigenvalue weighted by Crippen LogP contribution is -2.15. The van der Waals surface area contributed by atoms with Gasteiger partial charge in [0.25, 0.3) is 5.91 Å². The van der Waals surface area contributed by atoms with Crippen molar-refractivity contribution in [1.82, 2.24) is 0 Å². The van der Waals surface area contributed by atoms with Crippen LogP contribution in [0.15, 0.2) is 102 Å². The van der Waals surface area contributed by atoms with Crippen LogP contribution >= 0.6 is 11.9 Å². The van der Waals surface area contributed by atoms with Gasteiger partial charge in [0.2, 0.25) is 0 Å². The fraction of sp³-hybridized carbons (Fsp3) is 0.100. The molecular weight excluding hydrogens is 482 g/mol. The average molecular weight is 510 g/mol. The van der Waals surface area contributed by atoms with Crippen molar-refractivity contribution in [2.75, 3.05) is 16.7 Å². The van der Waals surface area contributed by atoms with E-state index >= 15 is 0 Å². The summed E-state index contributed by atoms with van der Waals surface area (Å²) in [6.45, 7) is 2.13. The van der Waals surface area contributed by atoms with E-state index in [-0.39, 0.29) is 17.0 Å². The smallest absolute Gasteiger partial charge is 0.337 e. The number of nitrogens with one attached hydrogen (secondary N) is 2. The van der Waals surface area contributed by atoms with Gasteiger partial charge in [-0.1, -0.05) is 61.5 Å². The number of nitrogens with zero attached hydrogens (tertiary/aromatic N) is 1. The third kappa shape index (κ3) is 6.08. The molecule has 0 atom stereocenters. The van der Waals surface area contributed by atoms with E-state index in [4.69, 9.17) is 5.41 Å². The monoisotopic (exact) mass is 509 g/mol. The lowest BCUT2D eigenvalue weighted by atomic mass is 9.99. The van der Waals surface area contributed by atoms with Gasteiger partial charge in [-0.05, 0) is 72.0 Å². The maximum atomic E-state index is 12.9. The molecule has 6 nitrogen and oxygen atoms in total. The Labute approximate surface area is 220 Å². The number of hydrogen-bond acceptors (Lipinski definition) is 5. The molecule has 0 fully saturated rings. The molecule has 0 heterocycles. The Balaban J connectivity index is 1.48. The van der Waals surface area contributed by atoms with Gasteiger partial charge < -0.3 is 14.7 Å². The Kier molecular flexibility index (Phi) is 8.05. The van der Waals surface area contributed by atoms with Crippen molar-refractivity contribution in [3.63, 3.8) is 0 Å². The van der Waals surface area contributed by atoms with Crippen LogP contribution in [-0.4, -0.2) is 29.7 Å². The van der Waals surface area contributed by atoms with Crippen LogP contribution in [0.25, 0.3) is 0 Å². The number of rotatable bonds is 9. The highest BCUT2D eigenvalue weighted by Gasteiger charge is 2.17. The Morgan fingerprint density at radius 3 is 2.19 bits per heavy atom. The molecular formula is C30H27N3O3S. The van der Waals surface area contributed by atoms with E-state index in [1.165, 1.54) is 17.7 Å². The Morgan fingerprint density at radius 1 is 0.865 bits per heavy atom. The molecule has 4 aromatic rings. The number of amides is 1. The molecule has 1 amide bonds. The second-order valence-corrected chi connectivity index (χ2v) is 9.56. The van der Waals surface area contributed by atoms with Gasteiger partial charge in [-0.3, -0.25) is 10.2 Å². The number of aromatic carboxylic acids is 1. The second-order valence-electron chi connectivity index (χ2n) is 8.36. The van der Waals surface area contributed by atoms with Gasteiger partial charge in [0, 0.05) is 23.1 Å². The number of carboxylic acids is 1. The molecule has 0 radical (unpaired) electrons. The highest BCUT2D eigenvalue weighted by atomic mass is 32.2. The molecule has 0 saturated carbocycles. The summed E-state index contributed by atoms with van der Waals surface area (Å²) < 4.78 is 2.10. The zero-order valence-corrected chi connectivity index (χ0v) is 21.4. The normalized spacial score (nSPS) is 10.5. The van der Waals surface area contributed by atoms with Crippen molar-refractivity contribution >= 4 is 40.9 Å². The number of aryl methyl sites for hydroxylation is 1. The van der Waals surface area contributed by atoms with Crippen molar-refractivity contribution in [3.05, 3.63) is 125 Å². The Bertz CT molecular complexity index is 1440. The summed E-state index contributed by atoms with van der Waals surface area (Å²) in [6.07, 6.45) is 0.937. The molecule has 0 bridgehead atoms. The van der Waals surface area contributed by atoms with Gasteiger partial charge in [0.05, 0.1) is 22.6 Å². The topological polar surface area (TPSA) is 93.5 Å². The van der Waals surface area contributed by atoms with E-state index in [1.807, 2.05) is 49.5 Å². The molecule has 0 aliphatic carbocycles. The van der Waals surface area contributed by atoms with Crippen molar-refractivity contribution < 1.29 is 14.7 Å². The van der Waals surface area contributed by atoms with Crippen molar-refractivity contribution in [2.45, 2.75) is 18.2 Å². The van der Waals surface area contributed by atoms with Gasteiger partial charge in [0.15, 0.2) is 0 Å². The van der Waals surface area contributed by atoms with Gasteiger partial charge in [-0.15, -0.1) is 0 Å². The minimum atomic E-state index is -1.18. The molecule has 7 heteroatoms. The molecule has 0 aromatic heterocycles. The van der Waals surface area contributed by atoms with Crippen LogP contribution in [0.1, 0.15) is 44.3 Å². The first-order valence-electron chi connectivity index (χ1n) is 11.8. The number of anilines is 2. The highest BCUT2D eigenvalue weighted by Crippen LogP contribution is 2.30. The Morgan fingerprint density at radius 2 is 1.51 bits per heavy atom. The number of benzene rings is 4. The fourth-order valence-corrected chi connectivity index (χ4v) is 4.79. The fourth-order valence-electron chi connectivity index (χ4n) is 3.94. The number of carboxylic acid groups (broad SMARTS) is 1. The summed E-state index contributed by atoms with van der Waals surface area (Å²) in [5.41, 5.74) is 4.26. The average Bonchev–Trinajstić information content (AvgIpc) is 2.93. The number of carbonyl (C=O) groups excluding carboxylic acids is 1. The van der Waals surface area contributed by atoms with E-state index in [2.05, 4.69) is 28.7 Å². The van der Waals surface area contributed by atoms with Gasteiger partial charge in [-0.25, -0.2) is 4.79 Å². The predicted octanol–water partition coefficient (Wildman–Crippen LogP) is 6.76. The third-order valence-electron chi connectivity index (χ3n) is 5.92. The highest BCUT2D eigenvalue weighted by molar-refractivity contribution is 8.00. The molecule has 0 saturated heterocycles. The second kappa shape index (κ2) is 11.6. The number of carbonyl (C=O) groups is 2. The lowest BCUT2D eigenvalue weighted by Gasteiger charge is -2.20. The molecule has 0 aliphatic rings. The van der Waals surface area contributed by atoms with Crippen LogP contribution in [0.4, 0.5) is 11.4 Å². The van der Waals surface area contributed by atoms with Gasteiger partial charge >= 0.3 is 5.97 Å². The van der Waals surface area contributed by atoms with E-state index in [9.17, 15) is 14.7 Å². The van der Waals surface area contributed by atoms with Crippen LogP contribution in [0.5, 0.6) is 0 Å². The first kappa shape index (κ1) is 25.7. The molecule has 186 valence electrons. The van der Waals surface area contributed by atoms with E-state index in [0.29, 0.717) is 16.7 Å². The number of hydrogen-bond donors (Lipinski definition) is 3. The first-order valence-corrected chi connectivity index (χ1v) is 12.6. The van der Waals surface area contributed by atoms with Crippen LogP contribution in [0.3, 0.4) is 0 Å². The molecule has 0 unspecified atom stereocenters. The zero-order chi connectivity index (χ0) is 26.4. The zero-order valence-electron chi connectivity index (χ0n) is 20.6. The molecule has 0 aliphatic heterocycles. The lowest BCUT2D eigenvalue weighted by molar-refractivity contribution is 0.0698. The van der Waals surface area contributed by atoms with Crippen molar-refractivity contribution in [3.8, 4) is 0 Å². The maximum Gasteiger partial charge on any atom is 0.337 e. The summed E-state index contributed by atoms with van der Waals surface area (Å²) in [6, 6.07) is 29.1. The first-order chi connectivity index (χ1) is 17.9. The summed E-state index contributed by atoms with van der Waals surface area (Å²) in [5.74, 6) is -1.59. The molecule has 4 aromatic carbocycles. The number of para-hydroxylation sites is 1. The molecule has 0 spiro atoms. The van der Waals surface area contributed by atoms with Gasteiger partial charge in [-0.2, -0.15) is 0 Å². The van der Waals surface area contributed by atoms with Crippen molar-refractivity contribution in [1.29, 1.82) is 5.41 Å². The molecule has 4 rings (SSSR count). The predicted molar refractivity (Wildman–Crippen MR) is 150 cm³/mol. The third-order valence-corrected chi connectivity index (χ3v) is 6.87. The van der Waals surface area contributed by atoms with E-state index in [0.717, 1.165) is 17.0 Å². The van der Waals surface area contributed by atoms with Crippen LogP contribution < -0.4 is 9.62 Å². The van der Waals surface area contributed by atoms with E-state index < -0.39 is 11.9 Å². The van der Waals surface area contributed by atoms with E-state index in [1.54, 1.807) is 42.3 Å². The van der Waals surface area contributed by atoms with Crippen LogP contribution in [-0.2, 0) is 6.42 Å². The maximum absolute atomic E-state index is 12.9. The van der Waals surface area contributed by atoms with Crippen molar-refractivity contribution in [2.24, 2.45) is 0 Å². The Hall–Kier alpha value is -4.36. The molecule has 37 heavy (non-hydrogen) atoms. The summed E-state index contributed by atoms with van der Waals surface area (Å²) >= 11 is 1.56. The summed E-state index contributed by atoms with van der Waals surface area (Å²) in [5, 5.41) is 20.9. The largest absolute Gasteiger partial charge is 0.478 e. The minimum absolute atomic E-state index is 0.0741. The van der Waals surface area contributed by atoms with Crippen LogP contribution in [0, 0.1) is 5.41 Å². The standard InChI is InChI=1S/C30H27N3O3S/c1-3-20-9-7-8-12-27(20)33(2)37-24-16-13-22(14-17-24)29(34)32-26-18-15-23(19-25(26)30(35)36)28(31)21-10-5-4-6-11-21/h4-19,31H,3H2,1-2H3,(H,32,34)(H,35,36). The molecule has 3 N–H and O–H groups in total.